The summed E-state index contributed by atoms with van der Waals surface area (Å²) >= 11 is 0. The molecule has 0 radical (unpaired) electrons. The predicted octanol–water partition coefficient (Wildman–Crippen LogP) is 7.26. The Hall–Kier alpha value is -5.96. The van der Waals surface area contributed by atoms with Crippen molar-refractivity contribution in [1.29, 1.82) is 0 Å². The number of aromatic amines is 2. The largest absolute Gasteiger partial charge is 0.453 e. The van der Waals surface area contributed by atoms with Crippen LogP contribution in [-0.4, -0.2) is 106 Å². The van der Waals surface area contributed by atoms with Crippen molar-refractivity contribution in [3.63, 3.8) is 0 Å². The van der Waals surface area contributed by atoms with Gasteiger partial charge in [-0.3, -0.25) is 9.59 Å². The maximum atomic E-state index is 14.0. The molecule has 3 fully saturated rings. The number of ether oxygens (including phenoxy) is 3. The number of aromatic nitrogens is 4. The fourth-order valence-corrected chi connectivity index (χ4v) is 9.35. The number of nitrogens with one attached hydrogen (secondary N) is 4. The van der Waals surface area contributed by atoms with Gasteiger partial charge in [-0.05, 0) is 85.1 Å². The van der Waals surface area contributed by atoms with Gasteiger partial charge in [0.05, 0.1) is 55.3 Å². The third kappa shape index (κ3) is 7.78. The molecule has 7 atom stereocenters. The van der Waals surface area contributed by atoms with Gasteiger partial charge in [-0.15, -0.1) is 0 Å². The monoisotopic (exact) mass is 820 g/mol. The summed E-state index contributed by atoms with van der Waals surface area (Å²) in [5.41, 5.74) is 5.69. The van der Waals surface area contributed by atoms with E-state index in [0.717, 1.165) is 87.9 Å². The Bertz CT molecular complexity index is 2370. The molecule has 1 aliphatic carbocycles. The Morgan fingerprint density at radius 3 is 2.20 bits per heavy atom. The molecule has 2 saturated heterocycles. The number of alkyl carbamates (subject to hydrolysis) is 2. The van der Waals surface area contributed by atoms with E-state index in [2.05, 4.69) is 69.1 Å². The van der Waals surface area contributed by atoms with Crippen molar-refractivity contribution in [2.24, 2.45) is 11.8 Å². The molecule has 0 unspecified atom stereocenters. The number of nitrogens with zero attached hydrogens (tertiary/aromatic N) is 4. The van der Waals surface area contributed by atoms with Gasteiger partial charge in [0.25, 0.3) is 0 Å². The van der Waals surface area contributed by atoms with E-state index in [1.807, 2.05) is 35.9 Å². The molecule has 0 spiro atoms. The number of imidazole rings is 2. The zero-order chi connectivity index (χ0) is 41.5. The van der Waals surface area contributed by atoms with Gasteiger partial charge in [-0.2, -0.15) is 0 Å². The lowest BCUT2D eigenvalue weighted by atomic mass is 9.97. The normalized spacial score (nSPS) is 21.2. The highest BCUT2D eigenvalue weighted by atomic mass is 16.5. The molecule has 4 amide bonds. The topological polar surface area (TPSA) is 184 Å². The molecule has 15 nitrogen and oxygen atoms in total. The van der Waals surface area contributed by atoms with Crippen LogP contribution in [0.4, 0.5) is 9.59 Å². The summed E-state index contributed by atoms with van der Waals surface area (Å²) in [6.45, 7) is 6.16. The summed E-state index contributed by atoms with van der Waals surface area (Å²) in [6.07, 6.45) is 4.39. The van der Waals surface area contributed by atoms with E-state index in [-0.39, 0.29) is 49.2 Å². The molecule has 3 aromatic carbocycles. The first-order valence-electron chi connectivity index (χ1n) is 20.4. The SMILES string of the molecule is C.COC(=O)N[C@H](C(=O)N1CCC[C@H]1c1nc2c(ccc3cc(-c4ccc(-c5cnc([C@@H]6[C@H]7CC[C@H](C7)N6C(=O)[C@@H](NC(=O)OC)[C@@H](C)OC)[nH]5)cc4)ccc32)[nH]1)C(C)C. The Morgan fingerprint density at radius 2 is 1.50 bits per heavy atom. The van der Waals surface area contributed by atoms with Crippen LogP contribution in [0.1, 0.15) is 84.0 Å². The number of piperidine rings is 1. The zero-order valence-corrected chi connectivity index (χ0v) is 34.3. The maximum Gasteiger partial charge on any atom is 0.407 e. The van der Waals surface area contributed by atoms with Crippen molar-refractivity contribution in [3.8, 4) is 22.4 Å². The van der Waals surface area contributed by atoms with E-state index in [1.165, 1.54) is 21.3 Å². The number of carbonyl (C=O) groups excluding carboxylic acids is 4. The molecule has 15 heteroatoms. The summed E-state index contributed by atoms with van der Waals surface area (Å²) in [7, 11) is 4.09. The fourth-order valence-electron chi connectivity index (χ4n) is 9.35. The average Bonchev–Trinajstić information content (AvgIpc) is 4.11. The quantitative estimate of drug-likeness (QED) is 0.107. The van der Waals surface area contributed by atoms with Crippen LogP contribution in [0, 0.1) is 11.8 Å². The molecule has 2 aliphatic heterocycles. The van der Waals surface area contributed by atoms with Gasteiger partial charge in [-0.25, -0.2) is 19.6 Å². The first kappa shape index (κ1) is 42.2. The molecule has 8 rings (SSSR count). The van der Waals surface area contributed by atoms with Crippen LogP contribution in [0.5, 0.6) is 0 Å². The van der Waals surface area contributed by atoms with Crippen LogP contribution in [-0.2, 0) is 23.8 Å². The molecule has 2 bridgehead atoms. The molecule has 5 aromatic rings. The number of methoxy groups -OCH3 is 3. The minimum Gasteiger partial charge on any atom is -0.453 e. The van der Waals surface area contributed by atoms with Gasteiger partial charge in [-0.1, -0.05) is 63.7 Å². The number of amides is 4. The first-order chi connectivity index (χ1) is 28.5. The Labute approximate surface area is 349 Å². The van der Waals surface area contributed by atoms with Crippen LogP contribution in [0.25, 0.3) is 44.2 Å². The maximum absolute atomic E-state index is 14.0. The van der Waals surface area contributed by atoms with Crippen molar-refractivity contribution in [1.82, 2.24) is 40.4 Å². The lowest BCUT2D eigenvalue weighted by molar-refractivity contribution is -0.141. The van der Waals surface area contributed by atoms with Gasteiger partial charge >= 0.3 is 12.2 Å². The molecule has 60 heavy (non-hydrogen) atoms. The number of H-pyrrole nitrogens is 2. The standard InChI is InChI=1S/C44H52N8O7.CH4/c1-23(2)35(49-43(55)58-5)41(53)51-19-7-8-34(51)39-46-32-18-15-28-20-27(14-17-31(28)37(32)48-39)25-9-11-26(12-10-25)33-22-45-40(47-33)38-29-13-16-30(21-29)52(38)42(54)36(24(3)57-4)50-44(56)59-6;/h9-12,14-15,17-18,20,22-24,29-30,34-36,38H,7-8,13,16,19,21H2,1-6H3,(H,45,47)(H,46,48)(H,49,55)(H,50,56);1H4/t24-,29+,30-,34+,35+,36+,38+;/m1./s1. The third-order valence-electron chi connectivity index (χ3n) is 12.5. The molecule has 3 aliphatic rings. The Morgan fingerprint density at radius 1 is 0.800 bits per heavy atom. The van der Waals surface area contributed by atoms with Gasteiger partial charge in [0.15, 0.2) is 0 Å². The number of carbonyl (C=O) groups is 4. The minimum atomic E-state index is -0.892. The Balaban J connectivity index is 0.00000544. The molecule has 318 valence electrons. The van der Waals surface area contributed by atoms with Crippen molar-refractivity contribution < 1.29 is 33.4 Å². The van der Waals surface area contributed by atoms with E-state index >= 15 is 0 Å². The third-order valence-corrected chi connectivity index (χ3v) is 12.5. The van der Waals surface area contributed by atoms with Crippen LogP contribution in [0.3, 0.4) is 0 Å². The van der Waals surface area contributed by atoms with Crippen molar-refractivity contribution in [2.45, 2.75) is 96.6 Å². The van der Waals surface area contributed by atoms with Crippen LogP contribution >= 0.6 is 0 Å². The lowest BCUT2D eigenvalue weighted by Crippen LogP contribution is -2.56. The first-order valence-corrected chi connectivity index (χ1v) is 20.4. The molecule has 4 N–H and O–H groups in total. The summed E-state index contributed by atoms with van der Waals surface area (Å²) in [5, 5.41) is 7.45. The predicted molar refractivity (Wildman–Crippen MR) is 228 cm³/mol. The molecule has 1 saturated carbocycles. The molecular formula is C45H56N8O7. The summed E-state index contributed by atoms with van der Waals surface area (Å²) < 4.78 is 15.1. The number of fused-ring (bicyclic) bond motifs is 5. The zero-order valence-electron chi connectivity index (χ0n) is 34.3. The van der Waals surface area contributed by atoms with E-state index < -0.39 is 30.4 Å². The number of rotatable bonds is 11. The highest BCUT2D eigenvalue weighted by Crippen LogP contribution is 2.50. The number of hydrogen-bond donors (Lipinski definition) is 4. The molecule has 4 heterocycles. The van der Waals surface area contributed by atoms with E-state index in [4.69, 9.17) is 24.2 Å². The highest BCUT2D eigenvalue weighted by molar-refractivity contribution is 6.05. The number of likely N-dealkylation sites (tertiary alicyclic amines) is 2. The van der Waals surface area contributed by atoms with Crippen LogP contribution in [0.15, 0.2) is 60.8 Å². The van der Waals surface area contributed by atoms with E-state index in [1.54, 1.807) is 6.92 Å². The van der Waals surface area contributed by atoms with Gasteiger partial charge in [0, 0.05) is 25.1 Å². The van der Waals surface area contributed by atoms with E-state index in [9.17, 15) is 19.2 Å². The second-order valence-electron chi connectivity index (χ2n) is 16.3. The molecule has 2 aromatic heterocycles. The second kappa shape index (κ2) is 17.3. The molecular weight excluding hydrogens is 765 g/mol. The number of benzene rings is 3. The summed E-state index contributed by atoms with van der Waals surface area (Å²) in [6, 6.07) is 16.8. The van der Waals surface area contributed by atoms with Gasteiger partial charge in [0.2, 0.25) is 11.8 Å². The smallest absolute Gasteiger partial charge is 0.407 e. The average molecular weight is 821 g/mol. The summed E-state index contributed by atoms with van der Waals surface area (Å²) in [4.78, 5) is 72.5. The lowest BCUT2D eigenvalue weighted by Gasteiger charge is -2.37. The highest BCUT2D eigenvalue weighted by Gasteiger charge is 2.52. The van der Waals surface area contributed by atoms with Crippen LogP contribution < -0.4 is 10.6 Å². The van der Waals surface area contributed by atoms with Gasteiger partial charge < -0.3 is 44.6 Å². The van der Waals surface area contributed by atoms with E-state index in [0.29, 0.717) is 6.54 Å². The van der Waals surface area contributed by atoms with Crippen molar-refractivity contribution in [2.75, 3.05) is 27.9 Å². The van der Waals surface area contributed by atoms with Crippen LogP contribution in [0.2, 0.25) is 0 Å². The number of hydrogen-bond acceptors (Lipinski definition) is 9. The minimum absolute atomic E-state index is 0. The van der Waals surface area contributed by atoms with Crippen molar-refractivity contribution in [3.05, 3.63) is 72.4 Å². The summed E-state index contributed by atoms with van der Waals surface area (Å²) in [5.74, 6) is 1.28. The fraction of sp³-hybridized carbons (Fsp3) is 0.467. The van der Waals surface area contributed by atoms with Gasteiger partial charge in [0.1, 0.15) is 23.7 Å². The van der Waals surface area contributed by atoms with Crippen molar-refractivity contribution >= 4 is 45.8 Å². The Kier molecular flexibility index (Phi) is 12.2. The second-order valence-corrected chi connectivity index (χ2v) is 16.3.